The van der Waals surface area contributed by atoms with Crippen LogP contribution in [0.2, 0.25) is 0 Å². The average molecular weight is 291 g/mol. The molecular weight excluding hydrogens is 262 g/mol. The second-order valence-corrected chi connectivity index (χ2v) is 5.96. The minimum atomic E-state index is 0.240. The van der Waals surface area contributed by atoms with Crippen molar-refractivity contribution in [3.8, 4) is 0 Å². The molecule has 0 radical (unpaired) electrons. The van der Waals surface area contributed by atoms with Crippen LogP contribution in [-0.2, 0) is 15.9 Å². The molecule has 0 aromatic heterocycles. The van der Waals surface area contributed by atoms with Gasteiger partial charge < -0.3 is 14.8 Å². The highest BCUT2D eigenvalue weighted by atomic mass is 16.5. The van der Waals surface area contributed by atoms with Gasteiger partial charge in [0.2, 0.25) is 0 Å². The van der Waals surface area contributed by atoms with Gasteiger partial charge in [-0.05, 0) is 50.8 Å². The van der Waals surface area contributed by atoms with Crippen molar-refractivity contribution in [3.05, 3.63) is 35.4 Å². The van der Waals surface area contributed by atoms with Gasteiger partial charge in [-0.25, -0.2) is 0 Å². The first-order valence-corrected chi connectivity index (χ1v) is 8.26. The second kappa shape index (κ2) is 8.52. The summed E-state index contributed by atoms with van der Waals surface area (Å²) in [5.74, 6) is 0. The lowest BCUT2D eigenvalue weighted by atomic mass is 9.97. The van der Waals surface area contributed by atoms with Crippen LogP contribution in [-0.4, -0.2) is 32.0 Å². The molecule has 0 spiro atoms. The Balaban J connectivity index is 2.02. The zero-order valence-corrected chi connectivity index (χ0v) is 13.6. The Bertz CT molecular complexity index is 419. The number of ether oxygens (including phenoxy) is 2. The second-order valence-electron chi connectivity index (χ2n) is 5.96. The van der Waals surface area contributed by atoms with Crippen LogP contribution in [0.1, 0.15) is 50.8 Å². The number of hydrogen-bond donors (Lipinski definition) is 1. The average Bonchev–Trinajstić information content (AvgIpc) is 2.64. The Hall–Kier alpha value is -0.900. The van der Waals surface area contributed by atoms with Crippen molar-refractivity contribution in [2.45, 2.75) is 58.3 Å². The number of likely N-dealkylation sites (N-methyl/N-ethyl adjacent to an activating group) is 1. The standard InChI is InChI=1S/C18H29NO2/c1-4-19-18-16-10-6-5-8-15(16)9-7-11-17(18)21-13-12-20-14(2)3/h5-6,8,10,14,17-19H,4,7,9,11-13H2,1-3H3. The molecule has 1 N–H and O–H groups in total. The molecule has 0 fully saturated rings. The number of benzene rings is 1. The van der Waals surface area contributed by atoms with Crippen LogP contribution in [0.5, 0.6) is 0 Å². The van der Waals surface area contributed by atoms with E-state index in [-0.39, 0.29) is 12.2 Å². The van der Waals surface area contributed by atoms with Crippen LogP contribution >= 0.6 is 0 Å². The third-order valence-electron chi connectivity index (χ3n) is 3.99. The van der Waals surface area contributed by atoms with Crippen LogP contribution in [0.3, 0.4) is 0 Å². The summed E-state index contributed by atoms with van der Waals surface area (Å²) >= 11 is 0. The predicted octanol–water partition coefficient (Wildman–Crippen LogP) is 3.48. The Labute approximate surface area is 129 Å². The zero-order valence-electron chi connectivity index (χ0n) is 13.6. The highest BCUT2D eigenvalue weighted by Crippen LogP contribution is 2.30. The number of rotatable bonds is 7. The van der Waals surface area contributed by atoms with Gasteiger partial charge in [0.05, 0.1) is 31.5 Å². The molecule has 0 saturated heterocycles. The van der Waals surface area contributed by atoms with Crippen molar-refractivity contribution in [2.24, 2.45) is 0 Å². The molecule has 0 saturated carbocycles. The maximum Gasteiger partial charge on any atom is 0.0771 e. The first-order valence-electron chi connectivity index (χ1n) is 8.26. The fourth-order valence-corrected chi connectivity index (χ4v) is 3.05. The number of hydrogen-bond acceptors (Lipinski definition) is 3. The molecule has 3 heteroatoms. The van der Waals surface area contributed by atoms with E-state index in [9.17, 15) is 0 Å². The van der Waals surface area contributed by atoms with E-state index < -0.39 is 0 Å². The summed E-state index contributed by atoms with van der Waals surface area (Å²) < 4.78 is 11.7. The molecule has 0 amide bonds. The van der Waals surface area contributed by atoms with E-state index in [4.69, 9.17) is 9.47 Å². The monoisotopic (exact) mass is 291 g/mol. The van der Waals surface area contributed by atoms with E-state index in [2.05, 4.69) is 50.4 Å². The minimum absolute atomic E-state index is 0.240. The summed E-state index contributed by atoms with van der Waals surface area (Å²) in [5, 5.41) is 3.61. The van der Waals surface area contributed by atoms with Crippen molar-refractivity contribution in [1.29, 1.82) is 0 Å². The van der Waals surface area contributed by atoms with Crippen LogP contribution in [0.4, 0.5) is 0 Å². The van der Waals surface area contributed by atoms with E-state index >= 15 is 0 Å². The normalized spacial score (nSPS) is 22.1. The molecule has 0 heterocycles. The summed E-state index contributed by atoms with van der Waals surface area (Å²) in [6, 6.07) is 9.07. The van der Waals surface area contributed by atoms with Crippen molar-refractivity contribution >= 4 is 0 Å². The fraction of sp³-hybridized carbons (Fsp3) is 0.667. The zero-order chi connectivity index (χ0) is 15.1. The Kier molecular flexibility index (Phi) is 6.68. The summed E-state index contributed by atoms with van der Waals surface area (Å²) in [6.45, 7) is 8.59. The lowest BCUT2D eigenvalue weighted by Crippen LogP contribution is -2.34. The molecule has 2 atom stereocenters. The molecule has 0 aliphatic heterocycles. The van der Waals surface area contributed by atoms with Crippen molar-refractivity contribution in [1.82, 2.24) is 5.32 Å². The van der Waals surface area contributed by atoms with Crippen LogP contribution in [0.25, 0.3) is 0 Å². The van der Waals surface area contributed by atoms with Crippen molar-refractivity contribution < 1.29 is 9.47 Å². The quantitative estimate of drug-likeness (QED) is 0.616. The Morgan fingerprint density at radius 3 is 2.81 bits per heavy atom. The first-order chi connectivity index (χ1) is 10.2. The molecule has 1 aliphatic carbocycles. The van der Waals surface area contributed by atoms with Gasteiger partial charge >= 0.3 is 0 Å². The third-order valence-corrected chi connectivity index (χ3v) is 3.99. The lowest BCUT2D eigenvalue weighted by Gasteiger charge is -2.27. The van der Waals surface area contributed by atoms with E-state index in [1.165, 1.54) is 17.5 Å². The first kappa shape index (κ1) is 16.5. The maximum atomic E-state index is 6.15. The highest BCUT2D eigenvalue weighted by Gasteiger charge is 2.27. The topological polar surface area (TPSA) is 30.5 Å². The van der Waals surface area contributed by atoms with E-state index in [0.717, 1.165) is 19.4 Å². The molecule has 21 heavy (non-hydrogen) atoms. The molecule has 0 bridgehead atoms. The molecule has 2 unspecified atom stereocenters. The van der Waals surface area contributed by atoms with Gasteiger partial charge in [0, 0.05) is 0 Å². The van der Waals surface area contributed by atoms with Gasteiger partial charge in [-0.15, -0.1) is 0 Å². The van der Waals surface area contributed by atoms with Gasteiger partial charge in [0.25, 0.3) is 0 Å². The molecular formula is C18H29NO2. The van der Waals surface area contributed by atoms with Crippen molar-refractivity contribution in [2.75, 3.05) is 19.8 Å². The molecule has 118 valence electrons. The van der Waals surface area contributed by atoms with E-state index in [0.29, 0.717) is 19.3 Å². The Morgan fingerprint density at radius 1 is 1.24 bits per heavy atom. The summed E-state index contributed by atoms with van der Waals surface area (Å²) in [4.78, 5) is 0. The van der Waals surface area contributed by atoms with Gasteiger partial charge in [0.15, 0.2) is 0 Å². The number of fused-ring (bicyclic) bond motifs is 1. The van der Waals surface area contributed by atoms with Gasteiger partial charge in [-0.3, -0.25) is 0 Å². The molecule has 1 aromatic rings. The number of aryl methyl sites for hydroxylation is 1. The predicted molar refractivity (Wildman–Crippen MR) is 86.6 cm³/mol. The summed E-state index contributed by atoms with van der Waals surface area (Å²) in [5.41, 5.74) is 2.87. The summed E-state index contributed by atoms with van der Waals surface area (Å²) in [6.07, 6.45) is 3.96. The van der Waals surface area contributed by atoms with Gasteiger partial charge in [-0.1, -0.05) is 31.2 Å². The molecule has 3 nitrogen and oxygen atoms in total. The van der Waals surface area contributed by atoms with Gasteiger partial charge in [-0.2, -0.15) is 0 Å². The van der Waals surface area contributed by atoms with Gasteiger partial charge in [0.1, 0.15) is 0 Å². The van der Waals surface area contributed by atoms with Crippen molar-refractivity contribution in [3.63, 3.8) is 0 Å². The van der Waals surface area contributed by atoms with Crippen LogP contribution < -0.4 is 5.32 Å². The van der Waals surface area contributed by atoms with Crippen LogP contribution in [0, 0.1) is 0 Å². The van der Waals surface area contributed by atoms with Crippen LogP contribution in [0.15, 0.2) is 24.3 Å². The summed E-state index contributed by atoms with van der Waals surface area (Å²) in [7, 11) is 0. The molecule has 1 aliphatic rings. The molecule has 1 aromatic carbocycles. The Morgan fingerprint density at radius 2 is 2.05 bits per heavy atom. The minimum Gasteiger partial charge on any atom is -0.376 e. The smallest absolute Gasteiger partial charge is 0.0771 e. The molecule has 2 rings (SSSR count). The number of nitrogens with one attached hydrogen (secondary N) is 1. The highest BCUT2D eigenvalue weighted by molar-refractivity contribution is 5.32. The van der Waals surface area contributed by atoms with E-state index in [1.807, 2.05) is 0 Å². The largest absolute Gasteiger partial charge is 0.376 e. The SMILES string of the molecule is CCNC1c2ccccc2CCCC1OCCOC(C)C. The lowest BCUT2D eigenvalue weighted by molar-refractivity contribution is -0.0281. The maximum absolute atomic E-state index is 6.15. The third kappa shape index (κ3) is 4.80. The fourth-order valence-electron chi connectivity index (χ4n) is 3.05. The van der Waals surface area contributed by atoms with E-state index in [1.54, 1.807) is 0 Å².